The zero-order valence-corrected chi connectivity index (χ0v) is 33.5. The fraction of sp³-hybridized carbons (Fsp3) is 0.585. The Labute approximate surface area is 326 Å². The van der Waals surface area contributed by atoms with Gasteiger partial charge in [0, 0.05) is 47.8 Å². The van der Waals surface area contributed by atoms with E-state index in [1.807, 2.05) is 37.3 Å². The predicted octanol–water partition coefficient (Wildman–Crippen LogP) is 6.18. The van der Waals surface area contributed by atoms with Crippen LogP contribution in [0.4, 0.5) is 0 Å². The number of rotatable bonds is 8. The van der Waals surface area contributed by atoms with Crippen LogP contribution in [0.1, 0.15) is 100.0 Å². The molecular weight excluding hydrogens is 739 g/mol. The normalized spacial score (nSPS) is 28.5. The van der Waals surface area contributed by atoms with E-state index in [1.54, 1.807) is 30.4 Å². The Morgan fingerprint density at radius 3 is 2.55 bits per heavy atom. The van der Waals surface area contributed by atoms with Crippen molar-refractivity contribution in [1.82, 2.24) is 24.9 Å². The monoisotopic (exact) mass is 789 g/mol. The third kappa shape index (κ3) is 7.60. The molecule has 3 heterocycles. The highest BCUT2D eigenvalue weighted by Crippen LogP contribution is 2.47. The number of pyridine rings is 1. The van der Waals surface area contributed by atoms with E-state index >= 15 is 0 Å². The minimum atomic E-state index is -3.83. The lowest BCUT2D eigenvalue weighted by molar-refractivity contribution is -0.140. The Morgan fingerprint density at radius 2 is 1.78 bits per heavy atom. The number of nitrogens with one attached hydrogen (secondary N) is 2. The molecule has 12 nitrogen and oxygen atoms in total. The molecular formula is C41H51N5O7S2. The molecule has 0 saturated heterocycles. The Balaban J connectivity index is 1.10. The van der Waals surface area contributed by atoms with Crippen molar-refractivity contribution in [3.05, 3.63) is 46.3 Å². The number of ether oxygens (including phenoxy) is 2. The van der Waals surface area contributed by atoms with Crippen molar-refractivity contribution < 1.29 is 32.3 Å². The molecule has 3 aromatic rings. The molecule has 3 amide bonds. The van der Waals surface area contributed by atoms with Crippen molar-refractivity contribution in [2.75, 3.05) is 20.7 Å². The summed E-state index contributed by atoms with van der Waals surface area (Å²) >= 11 is 1.68. The van der Waals surface area contributed by atoms with Crippen molar-refractivity contribution in [1.29, 1.82) is 0 Å². The lowest BCUT2D eigenvalue weighted by atomic mass is 9.90. The lowest BCUT2D eigenvalue weighted by Gasteiger charge is -2.26. The molecule has 1 aromatic carbocycles. The second kappa shape index (κ2) is 15.1. The molecule has 4 aliphatic carbocycles. The van der Waals surface area contributed by atoms with Gasteiger partial charge in [0.05, 0.1) is 46.1 Å². The highest BCUT2D eigenvalue weighted by Gasteiger charge is 2.62. The molecule has 1 aliphatic heterocycles. The minimum Gasteiger partial charge on any atom is -0.496 e. The maximum absolute atomic E-state index is 14.4. The maximum atomic E-state index is 14.4. The number of aromatic nitrogens is 2. The van der Waals surface area contributed by atoms with Gasteiger partial charge in [0.1, 0.15) is 23.1 Å². The van der Waals surface area contributed by atoms with Gasteiger partial charge >= 0.3 is 0 Å². The molecule has 14 heteroatoms. The SMILES string of the molecule is COc1ccc2c(OC3CC4C(=O)NC5(C(=O)NS(=O)(=O)C6CC6)CC5/C=C/CCCCN(C)C(=O)C4C3)cc(-c3csc(C4CCCCC4)n3)nc2c1C. The number of benzene rings is 1. The van der Waals surface area contributed by atoms with E-state index in [-0.39, 0.29) is 18.2 Å². The van der Waals surface area contributed by atoms with Gasteiger partial charge in [-0.05, 0) is 83.3 Å². The van der Waals surface area contributed by atoms with Crippen LogP contribution in [-0.2, 0) is 24.4 Å². The average Bonchev–Trinajstić information content (AvgIpc) is 4.06. The van der Waals surface area contributed by atoms with Crippen LogP contribution in [0, 0.1) is 24.7 Å². The summed E-state index contributed by atoms with van der Waals surface area (Å²) in [6, 6.07) is 5.74. The van der Waals surface area contributed by atoms with Gasteiger partial charge in [-0.2, -0.15) is 0 Å². The number of hydrogen-bond acceptors (Lipinski definition) is 10. The maximum Gasteiger partial charge on any atom is 0.259 e. The molecule has 55 heavy (non-hydrogen) atoms. The predicted molar refractivity (Wildman–Crippen MR) is 210 cm³/mol. The van der Waals surface area contributed by atoms with Crippen LogP contribution in [-0.4, -0.2) is 78.6 Å². The van der Waals surface area contributed by atoms with Crippen molar-refractivity contribution in [3.63, 3.8) is 0 Å². The van der Waals surface area contributed by atoms with Crippen LogP contribution < -0.4 is 19.5 Å². The Kier molecular flexibility index (Phi) is 10.4. The van der Waals surface area contributed by atoms with Crippen molar-refractivity contribution >= 4 is 50.0 Å². The van der Waals surface area contributed by atoms with E-state index in [0.29, 0.717) is 55.3 Å². The average molecular weight is 790 g/mol. The summed E-state index contributed by atoms with van der Waals surface area (Å²) in [4.78, 5) is 54.0. The Bertz CT molecular complexity index is 2130. The summed E-state index contributed by atoms with van der Waals surface area (Å²) in [5.74, 6) is -1.36. The number of fused-ring (bicyclic) bond motifs is 3. The fourth-order valence-electron chi connectivity index (χ4n) is 8.84. The van der Waals surface area contributed by atoms with Crippen molar-refractivity contribution in [2.24, 2.45) is 17.8 Å². The van der Waals surface area contributed by atoms with Gasteiger partial charge in [-0.3, -0.25) is 19.1 Å². The molecule has 294 valence electrons. The number of sulfonamides is 1. The summed E-state index contributed by atoms with van der Waals surface area (Å²) in [5.41, 5.74) is 1.67. The summed E-state index contributed by atoms with van der Waals surface area (Å²) in [7, 11) is -0.422. The molecule has 2 N–H and O–H groups in total. The highest BCUT2D eigenvalue weighted by molar-refractivity contribution is 7.91. The number of methoxy groups -OCH3 is 1. The van der Waals surface area contributed by atoms with E-state index in [4.69, 9.17) is 19.4 Å². The third-order valence-corrected chi connectivity index (χ3v) is 15.2. The number of aryl methyl sites for hydroxylation is 1. The van der Waals surface area contributed by atoms with E-state index in [1.165, 1.54) is 19.3 Å². The molecule has 0 radical (unpaired) electrons. The van der Waals surface area contributed by atoms with E-state index in [9.17, 15) is 22.8 Å². The number of thiazole rings is 1. The zero-order chi connectivity index (χ0) is 38.5. The quantitative estimate of drug-likeness (QED) is 0.255. The molecule has 2 aromatic heterocycles. The molecule has 4 fully saturated rings. The largest absolute Gasteiger partial charge is 0.496 e. The molecule has 0 bridgehead atoms. The van der Waals surface area contributed by atoms with Crippen molar-refractivity contribution in [3.8, 4) is 22.9 Å². The molecule has 8 rings (SSSR count). The van der Waals surface area contributed by atoms with Gasteiger partial charge in [-0.15, -0.1) is 11.3 Å². The van der Waals surface area contributed by atoms with E-state index < -0.39 is 50.6 Å². The van der Waals surface area contributed by atoms with Crippen molar-refractivity contribution in [2.45, 2.75) is 113 Å². The molecule has 5 unspecified atom stereocenters. The second-order valence-electron chi connectivity index (χ2n) is 16.3. The van der Waals surface area contributed by atoms with E-state index in [0.717, 1.165) is 59.3 Å². The van der Waals surface area contributed by atoms with Gasteiger partial charge in [-0.1, -0.05) is 31.4 Å². The molecule has 5 atom stereocenters. The fourth-order valence-corrected chi connectivity index (χ4v) is 11.2. The first-order chi connectivity index (χ1) is 26.5. The standard InChI is InChI=1S/C41H51N5O7S2/c1-24-34(52-3)17-16-29-35(21-32(42-36(24)29)33-23-54-38(43-33)25-11-7-6-8-12-25)53-27-19-30-31(20-27)39(48)46(2)18-10-5-4-9-13-26-22-41(26,44-37(30)47)40(49)45-55(50,51)28-14-15-28/h9,13,16-17,21,23,25-28,30-31H,4-8,10-12,14-15,18-20,22H2,1-3H3,(H,44,47)(H,45,49)/b13-9+. The van der Waals surface area contributed by atoms with Gasteiger partial charge in [0.25, 0.3) is 5.91 Å². The number of hydrogen-bond donors (Lipinski definition) is 2. The van der Waals surface area contributed by atoms with Crippen LogP contribution in [0.2, 0.25) is 0 Å². The second-order valence-corrected chi connectivity index (χ2v) is 19.1. The third-order valence-electron chi connectivity index (χ3n) is 12.4. The van der Waals surface area contributed by atoms with E-state index in [2.05, 4.69) is 15.4 Å². The summed E-state index contributed by atoms with van der Waals surface area (Å²) in [5, 5.41) is 6.39. The van der Waals surface area contributed by atoms with Gasteiger partial charge in [0.2, 0.25) is 21.8 Å². The molecule has 4 saturated carbocycles. The van der Waals surface area contributed by atoms with Gasteiger partial charge < -0.3 is 19.7 Å². The Hall–Kier alpha value is -4.04. The highest BCUT2D eigenvalue weighted by atomic mass is 32.2. The zero-order valence-electron chi connectivity index (χ0n) is 31.8. The first kappa shape index (κ1) is 37.9. The number of carbonyl (C=O) groups is 3. The van der Waals surface area contributed by atoms with Crippen LogP contribution in [0.25, 0.3) is 22.3 Å². The smallest absolute Gasteiger partial charge is 0.259 e. The summed E-state index contributed by atoms with van der Waals surface area (Å²) in [6.45, 7) is 2.53. The molecule has 5 aliphatic rings. The number of amides is 3. The first-order valence-corrected chi connectivity index (χ1v) is 22.3. The van der Waals surface area contributed by atoms with Crippen LogP contribution >= 0.6 is 11.3 Å². The van der Waals surface area contributed by atoms with Gasteiger partial charge in [0.15, 0.2) is 0 Å². The number of nitrogens with zero attached hydrogens (tertiary/aromatic N) is 3. The Morgan fingerprint density at radius 1 is 1.00 bits per heavy atom. The summed E-state index contributed by atoms with van der Waals surface area (Å²) < 4.78 is 40.4. The van der Waals surface area contributed by atoms with Crippen LogP contribution in [0.3, 0.4) is 0 Å². The minimum absolute atomic E-state index is 0.139. The topological polar surface area (TPSA) is 157 Å². The lowest BCUT2D eigenvalue weighted by Crippen LogP contribution is -2.54. The van der Waals surface area contributed by atoms with Gasteiger partial charge in [-0.25, -0.2) is 18.4 Å². The molecule has 0 spiro atoms. The summed E-state index contributed by atoms with van der Waals surface area (Å²) in [6.07, 6.45) is 13.7. The van der Waals surface area contributed by atoms with Crippen LogP contribution in [0.5, 0.6) is 11.5 Å². The number of allylic oxidation sites excluding steroid dienone is 1. The first-order valence-electron chi connectivity index (χ1n) is 19.9. The number of carbonyl (C=O) groups excluding carboxylic acids is 3. The van der Waals surface area contributed by atoms with Crippen LogP contribution in [0.15, 0.2) is 35.7 Å².